The van der Waals surface area contributed by atoms with Crippen molar-refractivity contribution in [2.45, 2.75) is 65.4 Å². The second-order valence-corrected chi connectivity index (χ2v) is 6.27. The quantitative estimate of drug-likeness (QED) is 0.262. The number of carboxylic acid groups (broad SMARTS) is 2. The fourth-order valence-electron chi connectivity index (χ4n) is 2.57. The van der Waals surface area contributed by atoms with E-state index in [0.29, 0.717) is 6.42 Å². The number of hydrogen-bond acceptors (Lipinski definition) is 5. The second kappa shape index (κ2) is 14.1. The topological polar surface area (TPSA) is 108 Å². The fourth-order valence-corrected chi connectivity index (χ4v) is 2.57. The molecule has 0 spiro atoms. The third-order valence-electron chi connectivity index (χ3n) is 4.28. The Morgan fingerprint density at radius 1 is 1.23 bits per heavy atom. The number of carboxylic acids is 2. The highest BCUT2D eigenvalue weighted by Crippen LogP contribution is 2.26. The van der Waals surface area contributed by atoms with Crippen molar-refractivity contribution in [3.05, 3.63) is 0 Å². The Balaban J connectivity index is 0.000000896. The normalized spacial score (nSPS) is 18.4. The van der Waals surface area contributed by atoms with Gasteiger partial charge in [0.05, 0.1) is 19.0 Å². The molecule has 0 aromatic rings. The lowest BCUT2D eigenvalue weighted by Crippen LogP contribution is -3.11. The number of rotatable bonds is 8. The maximum atomic E-state index is 11.8. The van der Waals surface area contributed by atoms with Crippen LogP contribution in [0, 0.1) is 17.8 Å². The maximum Gasteiger partial charge on any atom is 0.351 e. The highest BCUT2D eigenvalue weighted by molar-refractivity contribution is 6.26. The average Bonchev–Trinajstić information content (AvgIpc) is 2.95. The predicted molar refractivity (Wildman–Crippen MR) is 94.1 cm³/mol. The Morgan fingerprint density at radius 3 is 2.35 bits per heavy atom. The smallest absolute Gasteiger partial charge is 0.351 e. The fraction of sp³-hybridized carbons (Fsp3) is 0.737. The average molecular weight is 369 g/mol. The first kappa shape index (κ1) is 23.9. The Hall–Kier alpha value is -2.07. The Kier molecular flexibility index (Phi) is 13.0. The van der Waals surface area contributed by atoms with Crippen LogP contribution in [-0.2, 0) is 19.1 Å². The lowest BCUT2D eigenvalue weighted by Gasteiger charge is -2.10. The largest absolute Gasteiger partial charge is 0.539 e. The van der Waals surface area contributed by atoms with Gasteiger partial charge in [-0.15, -0.1) is 0 Å². The maximum absolute atomic E-state index is 11.8. The van der Waals surface area contributed by atoms with Gasteiger partial charge in [0.15, 0.2) is 5.97 Å². The molecule has 1 saturated heterocycles. The van der Waals surface area contributed by atoms with Crippen molar-refractivity contribution in [2.75, 3.05) is 19.6 Å². The number of carbonyl (C=O) groups excluding carboxylic acids is 2. The van der Waals surface area contributed by atoms with Crippen molar-refractivity contribution in [3.8, 4) is 11.8 Å². The number of carbonyl (C=O) groups is 3. The molecule has 0 saturated carbocycles. The van der Waals surface area contributed by atoms with Gasteiger partial charge in [0.1, 0.15) is 12.6 Å². The lowest BCUT2D eigenvalue weighted by molar-refractivity contribution is -0.889. The molecule has 0 amide bonds. The summed E-state index contributed by atoms with van der Waals surface area (Å²) < 4.78 is 5.43. The number of nitrogens with one attached hydrogen (secondary N) is 1. The van der Waals surface area contributed by atoms with Crippen LogP contribution in [0.15, 0.2) is 0 Å². The first-order valence-corrected chi connectivity index (χ1v) is 9.29. The Bertz CT molecular complexity index is 492. The molecule has 2 unspecified atom stereocenters. The summed E-state index contributed by atoms with van der Waals surface area (Å²) in [5.74, 6) is 2.35. The highest BCUT2D eigenvalue weighted by atomic mass is 16.5. The van der Waals surface area contributed by atoms with Crippen LogP contribution < -0.4 is 10.0 Å². The number of cyclic esters (lactones) is 1. The molecule has 2 N–H and O–H groups in total. The van der Waals surface area contributed by atoms with Crippen molar-refractivity contribution < 1.29 is 34.2 Å². The van der Waals surface area contributed by atoms with Crippen molar-refractivity contribution in [2.24, 2.45) is 5.92 Å². The first-order valence-electron chi connectivity index (χ1n) is 9.29. The summed E-state index contributed by atoms with van der Waals surface area (Å²) in [6.07, 6.45) is 6.31. The Morgan fingerprint density at radius 2 is 1.85 bits per heavy atom. The van der Waals surface area contributed by atoms with Crippen molar-refractivity contribution >= 4 is 17.9 Å². The molecule has 0 aromatic carbocycles. The molecule has 1 heterocycles. The van der Waals surface area contributed by atoms with E-state index in [4.69, 9.17) is 24.5 Å². The Labute approximate surface area is 155 Å². The minimum Gasteiger partial charge on any atom is -0.539 e. The number of esters is 1. The van der Waals surface area contributed by atoms with E-state index in [2.05, 4.69) is 32.6 Å². The first-order chi connectivity index (χ1) is 12.3. The minimum absolute atomic E-state index is 0.0147. The summed E-state index contributed by atoms with van der Waals surface area (Å²) in [6.45, 7) is 9.64. The predicted octanol–water partition coefficient (Wildman–Crippen LogP) is -0.362. The molecule has 0 radical (unpaired) electrons. The van der Waals surface area contributed by atoms with Gasteiger partial charge in [-0.05, 0) is 39.0 Å². The van der Waals surface area contributed by atoms with Crippen LogP contribution in [0.25, 0.3) is 0 Å². The summed E-state index contributed by atoms with van der Waals surface area (Å²) >= 11 is 0. The van der Waals surface area contributed by atoms with E-state index < -0.39 is 11.9 Å². The van der Waals surface area contributed by atoms with Gasteiger partial charge in [0.25, 0.3) is 0 Å². The van der Waals surface area contributed by atoms with Crippen molar-refractivity contribution in [3.63, 3.8) is 0 Å². The van der Waals surface area contributed by atoms with Gasteiger partial charge in [-0.1, -0.05) is 25.7 Å². The van der Waals surface area contributed by atoms with Gasteiger partial charge >= 0.3 is 11.9 Å². The number of hydrogen-bond donors (Lipinski definition) is 2. The third-order valence-corrected chi connectivity index (χ3v) is 4.28. The molecule has 7 nitrogen and oxygen atoms in total. The molecule has 0 aromatic heterocycles. The minimum atomic E-state index is -2.07. The third kappa shape index (κ3) is 10.7. The molecule has 1 aliphatic heterocycles. The molecular weight excluding hydrogens is 338 g/mol. The van der Waals surface area contributed by atoms with E-state index in [1.165, 1.54) is 17.7 Å². The summed E-state index contributed by atoms with van der Waals surface area (Å²) in [5, 5.41) is 16.3. The van der Waals surface area contributed by atoms with Gasteiger partial charge < -0.3 is 24.6 Å². The van der Waals surface area contributed by atoms with Crippen LogP contribution >= 0.6 is 0 Å². The monoisotopic (exact) mass is 369 g/mol. The highest BCUT2D eigenvalue weighted by Gasteiger charge is 2.33. The zero-order chi connectivity index (χ0) is 19.9. The second-order valence-electron chi connectivity index (χ2n) is 6.27. The molecule has 26 heavy (non-hydrogen) atoms. The van der Waals surface area contributed by atoms with Crippen molar-refractivity contribution in [1.82, 2.24) is 0 Å². The van der Waals surface area contributed by atoms with Gasteiger partial charge in [0, 0.05) is 6.42 Å². The van der Waals surface area contributed by atoms with E-state index in [1.807, 2.05) is 0 Å². The zero-order valence-corrected chi connectivity index (χ0v) is 16.0. The van der Waals surface area contributed by atoms with Crippen LogP contribution in [0.3, 0.4) is 0 Å². The summed E-state index contributed by atoms with van der Waals surface area (Å²) in [4.78, 5) is 31.3. The lowest BCUT2D eigenvalue weighted by atomic mass is 9.99. The van der Waals surface area contributed by atoms with E-state index in [1.54, 1.807) is 0 Å². The van der Waals surface area contributed by atoms with Crippen LogP contribution in [-0.4, -0.2) is 48.8 Å². The van der Waals surface area contributed by atoms with Gasteiger partial charge in [-0.2, -0.15) is 0 Å². The van der Waals surface area contributed by atoms with Crippen LogP contribution in [0.1, 0.15) is 59.3 Å². The van der Waals surface area contributed by atoms with Crippen LogP contribution in [0.4, 0.5) is 0 Å². The van der Waals surface area contributed by atoms with Crippen LogP contribution in [0.2, 0.25) is 0 Å². The number of quaternary nitrogens is 1. The SMILES string of the molecule is CCCCCC1CC(CC#CC[NH+](CC)CC)C(=O)O1.O=C([O-])C(=O)O. The number of unbranched alkanes of at least 4 members (excludes halogenated alkanes) is 2. The molecule has 0 aliphatic carbocycles. The van der Waals surface area contributed by atoms with Gasteiger partial charge in [0.2, 0.25) is 0 Å². The van der Waals surface area contributed by atoms with Crippen molar-refractivity contribution in [1.29, 1.82) is 0 Å². The van der Waals surface area contributed by atoms with Gasteiger partial charge in [-0.25, -0.2) is 4.79 Å². The molecule has 1 aliphatic rings. The summed E-state index contributed by atoms with van der Waals surface area (Å²) in [7, 11) is 0. The number of aliphatic carboxylic acids is 2. The summed E-state index contributed by atoms with van der Waals surface area (Å²) in [6, 6.07) is 0. The molecule has 1 fully saturated rings. The molecule has 148 valence electrons. The molecule has 7 heteroatoms. The van der Waals surface area contributed by atoms with Crippen LogP contribution in [0.5, 0.6) is 0 Å². The van der Waals surface area contributed by atoms with E-state index in [9.17, 15) is 4.79 Å². The van der Waals surface area contributed by atoms with E-state index >= 15 is 0 Å². The van der Waals surface area contributed by atoms with E-state index in [0.717, 1.165) is 38.9 Å². The zero-order valence-electron chi connectivity index (χ0n) is 16.0. The molecule has 2 atom stereocenters. The molecule has 0 bridgehead atoms. The summed E-state index contributed by atoms with van der Waals surface area (Å²) in [5.41, 5.74) is 0. The molecule has 1 rings (SSSR count). The van der Waals surface area contributed by atoms with E-state index in [-0.39, 0.29) is 18.0 Å². The van der Waals surface area contributed by atoms with Gasteiger partial charge in [-0.3, -0.25) is 4.79 Å². The standard InChI is InChI=1S/C17H29NO2.C2H2O4/c1-4-7-8-12-16-14-15(17(19)20-16)11-9-10-13-18(5-2)6-3;3-1(4)2(5)6/h15-16H,4-8,11-14H2,1-3H3;(H,3,4)(H,5,6). The number of ether oxygens (including phenoxy) is 1. The molecular formula is C19H31NO6.